The highest BCUT2D eigenvalue weighted by Crippen LogP contribution is 2.10. The Balaban J connectivity index is 2.38. The molecule has 100 valence electrons. The van der Waals surface area contributed by atoms with Gasteiger partial charge in [-0.25, -0.2) is 0 Å². The first-order chi connectivity index (χ1) is 8.27. The zero-order valence-corrected chi connectivity index (χ0v) is 11.2. The quantitative estimate of drug-likeness (QED) is 0.756. The van der Waals surface area contributed by atoms with Crippen LogP contribution in [0.3, 0.4) is 0 Å². The van der Waals surface area contributed by atoms with E-state index >= 15 is 0 Å². The molecule has 1 fully saturated rings. The lowest BCUT2D eigenvalue weighted by Gasteiger charge is -2.26. The maximum atomic E-state index is 12.2. The first-order valence-corrected chi connectivity index (χ1v) is 6.98. The van der Waals surface area contributed by atoms with Crippen LogP contribution in [-0.4, -0.2) is 55.0 Å². The lowest BCUT2D eigenvalue weighted by molar-refractivity contribution is -0.132. The molecule has 1 rings (SSSR count). The van der Waals surface area contributed by atoms with E-state index in [1.165, 1.54) is 12.8 Å². The van der Waals surface area contributed by atoms with Crippen molar-refractivity contribution in [3.63, 3.8) is 0 Å². The normalized spacial score (nSPS) is 17.2. The second-order valence-electron chi connectivity index (χ2n) is 4.86. The molecule has 17 heavy (non-hydrogen) atoms. The van der Waals surface area contributed by atoms with Crippen LogP contribution in [0.2, 0.25) is 0 Å². The van der Waals surface area contributed by atoms with Crippen LogP contribution >= 0.6 is 0 Å². The maximum Gasteiger partial charge on any atom is 0.236 e. The standard InChI is InChI=1S/C13H27N3O/c1-2-8-15(11-7-14)12-13(17)16-9-5-3-4-6-10-16/h2-12,14H2,1H3. The molecule has 0 bridgehead atoms. The minimum absolute atomic E-state index is 0.286. The predicted octanol–water partition coefficient (Wildman–Crippen LogP) is 1.06. The van der Waals surface area contributed by atoms with Crippen LogP contribution in [0.1, 0.15) is 39.0 Å². The highest BCUT2D eigenvalue weighted by atomic mass is 16.2. The van der Waals surface area contributed by atoms with Gasteiger partial charge in [0, 0.05) is 26.2 Å². The van der Waals surface area contributed by atoms with E-state index in [2.05, 4.69) is 11.8 Å². The molecule has 1 heterocycles. The fourth-order valence-corrected chi connectivity index (χ4v) is 2.38. The van der Waals surface area contributed by atoms with Crippen molar-refractivity contribution in [2.24, 2.45) is 5.73 Å². The van der Waals surface area contributed by atoms with Crippen LogP contribution in [0.5, 0.6) is 0 Å². The summed E-state index contributed by atoms with van der Waals surface area (Å²) in [7, 11) is 0. The first-order valence-electron chi connectivity index (χ1n) is 6.98. The predicted molar refractivity (Wildman–Crippen MR) is 70.8 cm³/mol. The summed E-state index contributed by atoms with van der Waals surface area (Å²) in [4.78, 5) is 16.4. The minimum atomic E-state index is 0.286. The Morgan fingerprint density at radius 2 is 1.82 bits per heavy atom. The topological polar surface area (TPSA) is 49.6 Å². The van der Waals surface area contributed by atoms with Crippen molar-refractivity contribution < 1.29 is 4.79 Å². The van der Waals surface area contributed by atoms with Crippen molar-refractivity contribution in [2.75, 3.05) is 39.3 Å². The third-order valence-corrected chi connectivity index (χ3v) is 3.30. The average Bonchev–Trinajstić information content (AvgIpc) is 2.58. The van der Waals surface area contributed by atoms with Crippen molar-refractivity contribution in [2.45, 2.75) is 39.0 Å². The van der Waals surface area contributed by atoms with E-state index in [1.807, 2.05) is 4.90 Å². The third kappa shape index (κ3) is 5.50. The van der Waals surface area contributed by atoms with Gasteiger partial charge in [-0.3, -0.25) is 9.69 Å². The number of hydrogen-bond acceptors (Lipinski definition) is 3. The molecule has 0 atom stereocenters. The number of nitrogens with two attached hydrogens (primary N) is 1. The Labute approximate surface area is 105 Å². The molecule has 0 aromatic heterocycles. The highest BCUT2D eigenvalue weighted by Gasteiger charge is 2.17. The summed E-state index contributed by atoms with van der Waals surface area (Å²) >= 11 is 0. The molecule has 0 spiro atoms. The van der Waals surface area contributed by atoms with Gasteiger partial charge < -0.3 is 10.6 Å². The summed E-state index contributed by atoms with van der Waals surface area (Å²) in [6.45, 7) is 7.01. The van der Waals surface area contributed by atoms with E-state index in [4.69, 9.17) is 5.73 Å². The largest absolute Gasteiger partial charge is 0.342 e. The van der Waals surface area contributed by atoms with Crippen LogP contribution in [0.25, 0.3) is 0 Å². The van der Waals surface area contributed by atoms with Gasteiger partial charge in [0.2, 0.25) is 5.91 Å². The zero-order valence-electron chi connectivity index (χ0n) is 11.2. The Hall–Kier alpha value is -0.610. The zero-order chi connectivity index (χ0) is 12.5. The summed E-state index contributed by atoms with van der Waals surface area (Å²) in [5, 5.41) is 0. The van der Waals surface area contributed by atoms with Gasteiger partial charge in [0.15, 0.2) is 0 Å². The number of likely N-dealkylation sites (tertiary alicyclic amines) is 1. The highest BCUT2D eigenvalue weighted by molar-refractivity contribution is 5.78. The number of carbonyl (C=O) groups excluding carboxylic acids is 1. The summed E-state index contributed by atoms with van der Waals surface area (Å²) in [5.74, 6) is 0.286. The lowest BCUT2D eigenvalue weighted by Crippen LogP contribution is -2.42. The summed E-state index contributed by atoms with van der Waals surface area (Å²) in [5.41, 5.74) is 5.57. The monoisotopic (exact) mass is 241 g/mol. The molecule has 1 saturated heterocycles. The van der Waals surface area contributed by atoms with E-state index in [0.717, 1.165) is 45.4 Å². The van der Waals surface area contributed by atoms with Crippen LogP contribution in [0.15, 0.2) is 0 Å². The SMILES string of the molecule is CCCN(CCN)CC(=O)N1CCCCCC1. The third-order valence-electron chi connectivity index (χ3n) is 3.30. The first kappa shape index (κ1) is 14.5. The van der Waals surface area contributed by atoms with Gasteiger partial charge in [-0.2, -0.15) is 0 Å². The summed E-state index contributed by atoms with van der Waals surface area (Å²) < 4.78 is 0. The van der Waals surface area contributed by atoms with E-state index in [0.29, 0.717) is 13.1 Å². The Kier molecular flexibility index (Phi) is 7.21. The van der Waals surface area contributed by atoms with E-state index < -0.39 is 0 Å². The van der Waals surface area contributed by atoms with E-state index in [9.17, 15) is 4.79 Å². The minimum Gasteiger partial charge on any atom is -0.342 e. The Bertz CT molecular complexity index is 207. The van der Waals surface area contributed by atoms with E-state index in [-0.39, 0.29) is 5.91 Å². The van der Waals surface area contributed by atoms with Crippen molar-refractivity contribution in [1.82, 2.24) is 9.80 Å². The number of amides is 1. The van der Waals surface area contributed by atoms with Gasteiger partial charge in [-0.1, -0.05) is 19.8 Å². The molecule has 0 saturated carbocycles. The van der Waals surface area contributed by atoms with Gasteiger partial charge in [-0.05, 0) is 25.8 Å². The molecule has 0 aliphatic carbocycles. The fraction of sp³-hybridized carbons (Fsp3) is 0.923. The van der Waals surface area contributed by atoms with Gasteiger partial charge in [0.05, 0.1) is 6.54 Å². The number of rotatable bonds is 6. The second kappa shape index (κ2) is 8.48. The maximum absolute atomic E-state index is 12.2. The van der Waals surface area contributed by atoms with Gasteiger partial charge in [0.25, 0.3) is 0 Å². The van der Waals surface area contributed by atoms with Crippen molar-refractivity contribution in [1.29, 1.82) is 0 Å². The van der Waals surface area contributed by atoms with Gasteiger partial charge in [-0.15, -0.1) is 0 Å². The lowest BCUT2D eigenvalue weighted by atomic mass is 10.2. The molecule has 4 heteroatoms. The molecule has 0 unspecified atom stereocenters. The number of carbonyl (C=O) groups is 1. The molecule has 2 N–H and O–H groups in total. The van der Waals surface area contributed by atoms with E-state index in [1.54, 1.807) is 0 Å². The van der Waals surface area contributed by atoms with Crippen LogP contribution < -0.4 is 5.73 Å². The van der Waals surface area contributed by atoms with Crippen LogP contribution in [0, 0.1) is 0 Å². The molecule has 1 aliphatic heterocycles. The number of nitrogens with zero attached hydrogens (tertiary/aromatic N) is 2. The molecule has 1 amide bonds. The molecule has 1 aliphatic rings. The average molecular weight is 241 g/mol. The molecule has 0 radical (unpaired) electrons. The summed E-state index contributed by atoms with van der Waals surface area (Å²) in [6, 6.07) is 0. The molecular weight excluding hydrogens is 214 g/mol. The van der Waals surface area contributed by atoms with Gasteiger partial charge >= 0.3 is 0 Å². The van der Waals surface area contributed by atoms with Crippen LogP contribution in [-0.2, 0) is 4.79 Å². The fourth-order valence-electron chi connectivity index (χ4n) is 2.38. The van der Waals surface area contributed by atoms with Crippen molar-refractivity contribution in [3.8, 4) is 0 Å². The molecule has 0 aromatic carbocycles. The van der Waals surface area contributed by atoms with Crippen molar-refractivity contribution in [3.05, 3.63) is 0 Å². The molecule has 4 nitrogen and oxygen atoms in total. The summed E-state index contributed by atoms with van der Waals surface area (Å²) in [6.07, 6.45) is 5.94. The molecular formula is C13H27N3O. The second-order valence-corrected chi connectivity index (χ2v) is 4.86. The van der Waals surface area contributed by atoms with Gasteiger partial charge in [0.1, 0.15) is 0 Å². The van der Waals surface area contributed by atoms with Crippen LogP contribution in [0.4, 0.5) is 0 Å². The molecule has 0 aromatic rings. The van der Waals surface area contributed by atoms with Crippen molar-refractivity contribution >= 4 is 5.91 Å². The smallest absolute Gasteiger partial charge is 0.236 e. The Morgan fingerprint density at radius 1 is 1.18 bits per heavy atom. The Morgan fingerprint density at radius 3 is 2.35 bits per heavy atom. The number of hydrogen-bond donors (Lipinski definition) is 1.